The van der Waals surface area contributed by atoms with Gasteiger partial charge in [0.25, 0.3) is 5.91 Å². The number of pyridine rings is 1. The molecule has 1 aromatic rings. The maximum Gasteiger partial charge on any atom is 0.251 e. The van der Waals surface area contributed by atoms with Crippen LogP contribution in [0.25, 0.3) is 0 Å². The Morgan fingerprint density at radius 3 is 3.14 bits per heavy atom. The Kier molecular flexibility index (Phi) is 4.45. The quantitative estimate of drug-likeness (QED) is 0.850. The highest BCUT2D eigenvalue weighted by Gasteiger charge is 2.45. The lowest BCUT2D eigenvalue weighted by molar-refractivity contribution is -0.138. The molecular formula is C17H25N3O2. The van der Waals surface area contributed by atoms with E-state index < -0.39 is 0 Å². The first-order valence-electron chi connectivity index (χ1n) is 8.02. The zero-order valence-electron chi connectivity index (χ0n) is 13.5. The topological polar surface area (TPSA) is 45.7 Å². The SMILES string of the molecule is CN(C)C(=O)C1CC2(CCCN(Cc3cccnc3)C2)CO1. The monoisotopic (exact) mass is 303 g/mol. The largest absolute Gasteiger partial charge is 0.368 e. The van der Waals surface area contributed by atoms with Crippen LogP contribution in [-0.4, -0.2) is 60.6 Å². The lowest BCUT2D eigenvalue weighted by Gasteiger charge is -2.39. The molecule has 2 atom stereocenters. The van der Waals surface area contributed by atoms with Crippen LogP contribution in [0, 0.1) is 5.41 Å². The van der Waals surface area contributed by atoms with Crippen LogP contribution < -0.4 is 0 Å². The van der Waals surface area contributed by atoms with Crippen LogP contribution in [0.3, 0.4) is 0 Å². The Morgan fingerprint density at radius 1 is 1.55 bits per heavy atom. The van der Waals surface area contributed by atoms with E-state index in [9.17, 15) is 4.79 Å². The highest BCUT2D eigenvalue weighted by atomic mass is 16.5. The molecule has 22 heavy (non-hydrogen) atoms. The summed E-state index contributed by atoms with van der Waals surface area (Å²) in [5, 5.41) is 0. The minimum absolute atomic E-state index is 0.0984. The number of likely N-dealkylation sites (N-methyl/N-ethyl adjacent to an activating group) is 1. The first-order valence-corrected chi connectivity index (χ1v) is 8.02. The molecule has 0 radical (unpaired) electrons. The van der Waals surface area contributed by atoms with Gasteiger partial charge >= 0.3 is 0 Å². The molecule has 2 aliphatic heterocycles. The maximum atomic E-state index is 12.1. The molecule has 0 bridgehead atoms. The smallest absolute Gasteiger partial charge is 0.251 e. The number of hydrogen-bond donors (Lipinski definition) is 0. The molecule has 0 aromatic carbocycles. The van der Waals surface area contributed by atoms with E-state index in [1.807, 2.05) is 18.5 Å². The first kappa shape index (κ1) is 15.4. The molecule has 3 heterocycles. The van der Waals surface area contributed by atoms with Crippen LogP contribution >= 0.6 is 0 Å². The molecule has 5 heteroatoms. The molecule has 2 fully saturated rings. The molecule has 5 nitrogen and oxygen atoms in total. The zero-order valence-corrected chi connectivity index (χ0v) is 13.5. The predicted octanol–water partition coefficient (Wildman–Crippen LogP) is 1.54. The summed E-state index contributed by atoms with van der Waals surface area (Å²) in [6, 6.07) is 4.11. The second-order valence-corrected chi connectivity index (χ2v) is 6.91. The van der Waals surface area contributed by atoms with Gasteiger partial charge in [-0.2, -0.15) is 0 Å². The third kappa shape index (κ3) is 3.31. The van der Waals surface area contributed by atoms with E-state index in [1.165, 1.54) is 12.0 Å². The molecule has 1 amide bonds. The van der Waals surface area contributed by atoms with Gasteiger partial charge in [0, 0.05) is 45.0 Å². The van der Waals surface area contributed by atoms with Crippen molar-refractivity contribution in [3.63, 3.8) is 0 Å². The van der Waals surface area contributed by atoms with Gasteiger partial charge in [-0.15, -0.1) is 0 Å². The Morgan fingerprint density at radius 2 is 2.41 bits per heavy atom. The van der Waals surface area contributed by atoms with E-state index in [0.29, 0.717) is 6.61 Å². The second-order valence-electron chi connectivity index (χ2n) is 6.91. The highest BCUT2D eigenvalue weighted by molar-refractivity contribution is 5.80. The van der Waals surface area contributed by atoms with Crippen molar-refractivity contribution < 1.29 is 9.53 Å². The normalized spacial score (nSPS) is 28.9. The van der Waals surface area contributed by atoms with Crippen molar-refractivity contribution in [3.8, 4) is 0 Å². The van der Waals surface area contributed by atoms with Crippen LogP contribution in [-0.2, 0) is 16.1 Å². The standard InChI is InChI=1S/C17H25N3O2/c1-19(2)16(21)15-9-17(13-22-15)6-4-8-20(12-17)11-14-5-3-7-18-10-14/h3,5,7,10,15H,4,6,8-9,11-13H2,1-2H3. The number of piperidine rings is 1. The van der Waals surface area contributed by atoms with Crippen molar-refractivity contribution >= 4 is 5.91 Å². The lowest BCUT2D eigenvalue weighted by atomic mass is 9.78. The van der Waals surface area contributed by atoms with Crippen molar-refractivity contribution in [2.75, 3.05) is 33.8 Å². The van der Waals surface area contributed by atoms with Gasteiger partial charge in [-0.1, -0.05) is 6.07 Å². The molecule has 2 saturated heterocycles. The molecule has 1 aromatic heterocycles. The Bertz CT molecular complexity index is 520. The van der Waals surface area contributed by atoms with Gasteiger partial charge in [0.2, 0.25) is 0 Å². The summed E-state index contributed by atoms with van der Waals surface area (Å²) in [7, 11) is 3.60. The summed E-state index contributed by atoms with van der Waals surface area (Å²) in [6.45, 7) is 3.77. The van der Waals surface area contributed by atoms with Gasteiger partial charge < -0.3 is 9.64 Å². The zero-order chi connectivity index (χ0) is 15.6. The van der Waals surface area contributed by atoms with Gasteiger partial charge in [-0.25, -0.2) is 0 Å². The van der Waals surface area contributed by atoms with Crippen LogP contribution in [0.15, 0.2) is 24.5 Å². The van der Waals surface area contributed by atoms with Crippen LogP contribution in [0.5, 0.6) is 0 Å². The highest BCUT2D eigenvalue weighted by Crippen LogP contribution is 2.41. The molecular weight excluding hydrogens is 278 g/mol. The van der Waals surface area contributed by atoms with E-state index in [0.717, 1.165) is 32.5 Å². The van der Waals surface area contributed by atoms with Gasteiger partial charge in [-0.3, -0.25) is 14.7 Å². The molecule has 3 rings (SSSR count). The number of rotatable bonds is 3. The molecule has 0 aliphatic carbocycles. The minimum Gasteiger partial charge on any atom is -0.368 e. The number of aromatic nitrogens is 1. The van der Waals surface area contributed by atoms with Gasteiger partial charge in [0.1, 0.15) is 6.10 Å². The third-order valence-corrected chi connectivity index (χ3v) is 4.79. The summed E-state index contributed by atoms with van der Waals surface area (Å²) in [6.07, 6.45) is 6.68. The predicted molar refractivity (Wildman–Crippen MR) is 84.2 cm³/mol. The number of hydrogen-bond acceptors (Lipinski definition) is 4. The Hall–Kier alpha value is -1.46. The Labute approximate surface area is 132 Å². The summed E-state index contributed by atoms with van der Waals surface area (Å²) in [5.74, 6) is 0.0984. The second kappa shape index (κ2) is 6.34. The third-order valence-electron chi connectivity index (χ3n) is 4.79. The van der Waals surface area contributed by atoms with Crippen molar-refractivity contribution in [1.29, 1.82) is 0 Å². The average molecular weight is 303 g/mol. The molecule has 2 aliphatic rings. The fourth-order valence-electron chi connectivity index (χ4n) is 3.71. The van der Waals surface area contributed by atoms with Crippen molar-refractivity contribution in [2.45, 2.75) is 31.9 Å². The Balaban J connectivity index is 1.62. The number of nitrogens with zero attached hydrogens (tertiary/aromatic N) is 3. The molecule has 1 spiro atoms. The number of carbonyl (C=O) groups is 1. The van der Waals surface area contributed by atoms with Gasteiger partial charge in [-0.05, 0) is 37.4 Å². The number of ether oxygens (including phenoxy) is 1. The van der Waals surface area contributed by atoms with Crippen LogP contribution in [0.2, 0.25) is 0 Å². The minimum atomic E-state index is -0.256. The van der Waals surface area contributed by atoms with E-state index >= 15 is 0 Å². The van der Waals surface area contributed by atoms with Gasteiger partial charge in [0.15, 0.2) is 0 Å². The summed E-state index contributed by atoms with van der Waals surface area (Å²) >= 11 is 0. The number of amides is 1. The summed E-state index contributed by atoms with van der Waals surface area (Å²) < 4.78 is 5.84. The van der Waals surface area contributed by atoms with E-state index in [-0.39, 0.29) is 17.4 Å². The molecule has 0 N–H and O–H groups in total. The van der Waals surface area contributed by atoms with Crippen molar-refractivity contribution in [1.82, 2.24) is 14.8 Å². The molecule has 0 saturated carbocycles. The molecule has 120 valence electrons. The summed E-state index contributed by atoms with van der Waals surface area (Å²) in [5.41, 5.74) is 1.40. The fraction of sp³-hybridized carbons (Fsp3) is 0.647. The first-order chi connectivity index (χ1) is 10.6. The average Bonchev–Trinajstić information content (AvgIpc) is 2.91. The molecule has 2 unspecified atom stereocenters. The fourth-order valence-corrected chi connectivity index (χ4v) is 3.71. The summed E-state index contributed by atoms with van der Waals surface area (Å²) in [4.78, 5) is 20.4. The van der Waals surface area contributed by atoms with E-state index in [2.05, 4.69) is 16.0 Å². The van der Waals surface area contributed by atoms with E-state index in [4.69, 9.17) is 4.74 Å². The van der Waals surface area contributed by atoms with E-state index in [1.54, 1.807) is 19.0 Å². The van der Waals surface area contributed by atoms with Gasteiger partial charge in [0.05, 0.1) is 6.61 Å². The maximum absolute atomic E-state index is 12.1. The number of carbonyl (C=O) groups excluding carboxylic acids is 1. The van der Waals surface area contributed by atoms with Crippen molar-refractivity contribution in [2.24, 2.45) is 5.41 Å². The van der Waals surface area contributed by atoms with Crippen LogP contribution in [0.1, 0.15) is 24.8 Å². The van der Waals surface area contributed by atoms with Crippen molar-refractivity contribution in [3.05, 3.63) is 30.1 Å². The van der Waals surface area contributed by atoms with Crippen LogP contribution in [0.4, 0.5) is 0 Å². The number of likely N-dealkylation sites (tertiary alicyclic amines) is 1. The lowest BCUT2D eigenvalue weighted by Crippen LogP contribution is -2.44.